The van der Waals surface area contributed by atoms with E-state index in [1.165, 1.54) is 13.3 Å². The number of hydrogen-bond donors (Lipinski definition) is 3. The summed E-state index contributed by atoms with van der Waals surface area (Å²) in [7, 11) is 1.52. The highest BCUT2D eigenvalue weighted by Crippen LogP contribution is 2.31. The number of carboxylic acid groups (broad SMARTS) is 1. The number of aliphatic carboxylic acids is 1. The van der Waals surface area contributed by atoms with Crippen LogP contribution in [0.2, 0.25) is 0 Å². The number of carboxylic acids is 1. The number of H-pyrrole nitrogens is 1. The molecule has 2 aromatic carbocycles. The first-order valence-electron chi connectivity index (χ1n) is 12.0. The minimum atomic E-state index is -1.30. The van der Waals surface area contributed by atoms with Crippen LogP contribution >= 0.6 is 0 Å². The van der Waals surface area contributed by atoms with Gasteiger partial charge >= 0.3 is 5.97 Å². The van der Waals surface area contributed by atoms with Crippen molar-refractivity contribution in [2.45, 2.75) is 38.1 Å². The molecular weight excluding hydrogens is 462 g/mol. The van der Waals surface area contributed by atoms with Gasteiger partial charge in [-0.1, -0.05) is 37.5 Å². The molecule has 9 nitrogen and oxygen atoms in total. The Hall–Kier alpha value is -4.14. The van der Waals surface area contributed by atoms with Gasteiger partial charge in [-0.3, -0.25) is 19.2 Å². The summed E-state index contributed by atoms with van der Waals surface area (Å²) in [4.78, 5) is 56.2. The zero-order valence-corrected chi connectivity index (χ0v) is 20.0. The highest BCUT2D eigenvalue weighted by Gasteiger charge is 2.40. The third-order valence-electron chi connectivity index (χ3n) is 6.64. The second-order valence-corrected chi connectivity index (χ2v) is 8.97. The number of rotatable bonds is 9. The second kappa shape index (κ2) is 11.1. The van der Waals surface area contributed by atoms with Crippen LogP contribution in [0.3, 0.4) is 0 Å². The van der Waals surface area contributed by atoms with Gasteiger partial charge in [0.25, 0.3) is 11.7 Å². The van der Waals surface area contributed by atoms with Gasteiger partial charge in [-0.15, -0.1) is 0 Å². The molecule has 1 heterocycles. The number of ether oxygens (including phenoxy) is 1. The van der Waals surface area contributed by atoms with Gasteiger partial charge in [0.05, 0.1) is 12.7 Å². The minimum Gasteiger partial charge on any atom is -0.497 e. The van der Waals surface area contributed by atoms with Crippen LogP contribution in [-0.4, -0.2) is 58.3 Å². The molecule has 0 aliphatic heterocycles. The molecule has 0 radical (unpaired) electrons. The van der Waals surface area contributed by atoms with Crippen molar-refractivity contribution in [3.8, 4) is 5.75 Å². The van der Waals surface area contributed by atoms with E-state index in [0.29, 0.717) is 35.2 Å². The number of carbonyl (C=O) groups is 4. The molecule has 36 heavy (non-hydrogen) atoms. The van der Waals surface area contributed by atoms with E-state index in [9.17, 15) is 24.3 Å². The molecule has 1 aromatic heterocycles. The van der Waals surface area contributed by atoms with Gasteiger partial charge in [0, 0.05) is 28.9 Å². The zero-order chi connectivity index (χ0) is 25.7. The van der Waals surface area contributed by atoms with Crippen molar-refractivity contribution in [1.82, 2.24) is 9.88 Å². The molecule has 0 bridgehead atoms. The highest BCUT2D eigenvalue weighted by molar-refractivity contribution is 6.45. The molecule has 4 rings (SSSR count). The van der Waals surface area contributed by atoms with Gasteiger partial charge in [-0.05, 0) is 43.0 Å². The first-order valence-corrected chi connectivity index (χ1v) is 12.0. The van der Waals surface area contributed by atoms with E-state index in [2.05, 4.69) is 10.3 Å². The number of Topliss-reactive ketones (excluding diaryl/α,β-unsaturated/α-hetero) is 1. The maximum Gasteiger partial charge on any atom is 0.323 e. The van der Waals surface area contributed by atoms with Crippen molar-refractivity contribution >= 4 is 40.2 Å². The third kappa shape index (κ3) is 5.40. The quantitative estimate of drug-likeness (QED) is 0.308. The van der Waals surface area contributed by atoms with Gasteiger partial charge in [-0.2, -0.15) is 0 Å². The van der Waals surface area contributed by atoms with Gasteiger partial charge in [0.15, 0.2) is 0 Å². The number of fused-ring (bicyclic) bond motifs is 1. The molecule has 0 saturated heterocycles. The Balaban J connectivity index is 1.69. The number of hydrogen-bond acceptors (Lipinski definition) is 5. The molecule has 3 aromatic rings. The number of nitrogens with one attached hydrogen (secondary N) is 2. The van der Waals surface area contributed by atoms with E-state index >= 15 is 0 Å². The fourth-order valence-corrected chi connectivity index (χ4v) is 4.91. The van der Waals surface area contributed by atoms with Gasteiger partial charge in [0.1, 0.15) is 18.3 Å². The van der Waals surface area contributed by atoms with Crippen LogP contribution in [0.5, 0.6) is 5.75 Å². The van der Waals surface area contributed by atoms with Crippen molar-refractivity contribution in [2.24, 2.45) is 5.92 Å². The summed E-state index contributed by atoms with van der Waals surface area (Å²) in [6.07, 6.45) is 5.49. The molecule has 1 atom stereocenters. The maximum atomic E-state index is 13.6. The van der Waals surface area contributed by atoms with Crippen LogP contribution in [0.25, 0.3) is 10.9 Å². The van der Waals surface area contributed by atoms with E-state index in [4.69, 9.17) is 4.74 Å². The average Bonchev–Trinajstić information content (AvgIpc) is 3.31. The number of para-hydroxylation sites is 1. The smallest absolute Gasteiger partial charge is 0.323 e. The normalized spacial score (nSPS) is 14.7. The number of aromatic nitrogens is 1. The molecule has 1 saturated carbocycles. The van der Waals surface area contributed by atoms with Crippen molar-refractivity contribution in [1.29, 1.82) is 0 Å². The number of carbonyl (C=O) groups excluding carboxylic acids is 3. The SMILES string of the molecule is COc1ccc2c(C(=O)C(=O)N(CC(=O)O)C(C(=O)Nc3ccccc3)C3CCCCC3)c[nH]c2c1. The largest absolute Gasteiger partial charge is 0.497 e. The van der Waals surface area contributed by atoms with Gasteiger partial charge < -0.3 is 25.0 Å². The molecule has 3 N–H and O–H groups in total. The monoisotopic (exact) mass is 491 g/mol. The topological polar surface area (TPSA) is 129 Å². The molecule has 9 heteroatoms. The Morgan fingerprint density at radius 3 is 2.47 bits per heavy atom. The van der Waals surface area contributed by atoms with E-state index in [-0.39, 0.29) is 11.5 Å². The summed E-state index contributed by atoms with van der Waals surface area (Å²) >= 11 is 0. The predicted octanol–water partition coefficient (Wildman–Crippen LogP) is 3.86. The first-order chi connectivity index (χ1) is 17.4. The molecule has 1 unspecified atom stereocenters. The van der Waals surface area contributed by atoms with Crippen molar-refractivity contribution in [2.75, 3.05) is 19.0 Å². The van der Waals surface area contributed by atoms with E-state index in [1.54, 1.807) is 42.5 Å². The molecule has 1 fully saturated rings. The lowest BCUT2D eigenvalue weighted by atomic mass is 9.82. The molecule has 1 aliphatic rings. The van der Waals surface area contributed by atoms with Crippen molar-refractivity contribution in [3.05, 3.63) is 60.3 Å². The molecule has 188 valence electrons. The van der Waals surface area contributed by atoms with Crippen LogP contribution in [0, 0.1) is 5.92 Å². The Bertz CT molecular complexity index is 1260. The Labute approximate surface area is 208 Å². The lowest BCUT2D eigenvalue weighted by molar-refractivity contribution is -0.147. The van der Waals surface area contributed by atoms with E-state index in [0.717, 1.165) is 24.2 Å². The summed E-state index contributed by atoms with van der Waals surface area (Å²) in [5.41, 5.74) is 1.24. The molecular formula is C27H29N3O6. The fourth-order valence-electron chi connectivity index (χ4n) is 4.91. The lowest BCUT2D eigenvalue weighted by Crippen LogP contribution is -2.55. The van der Waals surface area contributed by atoms with Crippen LogP contribution in [0.1, 0.15) is 42.5 Å². The Morgan fingerprint density at radius 1 is 1.08 bits per heavy atom. The van der Waals surface area contributed by atoms with Crippen LogP contribution in [0.4, 0.5) is 5.69 Å². The number of anilines is 1. The number of benzene rings is 2. The van der Waals surface area contributed by atoms with E-state index in [1.807, 2.05) is 6.07 Å². The summed E-state index contributed by atoms with van der Waals surface area (Å²) in [5.74, 6) is -3.37. The zero-order valence-electron chi connectivity index (χ0n) is 20.0. The van der Waals surface area contributed by atoms with Crippen LogP contribution in [0.15, 0.2) is 54.7 Å². The molecule has 2 amide bonds. The van der Waals surface area contributed by atoms with Gasteiger partial charge in [0.2, 0.25) is 5.91 Å². The summed E-state index contributed by atoms with van der Waals surface area (Å²) < 4.78 is 5.21. The fraction of sp³-hybridized carbons (Fsp3) is 0.333. The lowest BCUT2D eigenvalue weighted by Gasteiger charge is -2.36. The van der Waals surface area contributed by atoms with Crippen molar-refractivity contribution in [3.63, 3.8) is 0 Å². The summed E-state index contributed by atoms with van der Waals surface area (Å²) in [6.45, 7) is -0.760. The highest BCUT2D eigenvalue weighted by atomic mass is 16.5. The standard InChI is InChI=1S/C27H29N3O6/c1-36-19-12-13-20-21(15-28-22(20)14-19)25(33)27(35)30(16-23(31)32)24(17-8-4-2-5-9-17)26(34)29-18-10-6-3-7-11-18/h3,6-7,10-15,17,24,28H,2,4-5,8-9,16H2,1H3,(H,29,34)(H,31,32). The van der Waals surface area contributed by atoms with E-state index < -0.39 is 36.2 Å². The molecule has 0 spiro atoms. The van der Waals surface area contributed by atoms with Gasteiger partial charge in [-0.25, -0.2) is 0 Å². The number of amides is 2. The summed E-state index contributed by atoms with van der Waals surface area (Å²) in [5, 5.41) is 12.9. The Morgan fingerprint density at radius 2 is 1.81 bits per heavy atom. The third-order valence-corrected chi connectivity index (χ3v) is 6.64. The number of methoxy groups -OCH3 is 1. The number of aromatic amines is 1. The average molecular weight is 492 g/mol. The van der Waals surface area contributed by atoms with Crippen LogP contribution in [-0.2, 0) is 14.4 Å². The number of nitrogens with zero attached hydrogens (tertiary/aromatic N) is 1. The van der Waals surface area contributed by atoms with Crippen molar-refractivity contribution < 1.29 is 29.0 Å². The number of ketones is 1. The summed E-state index contributed by atoms with van der Waals surface area (Å²) in [6, 6.07) is 12.7. The second-order valence-electron chi connectivity index (χ2n) is 8.97. The minimum absolute atomic E-state index is 0.110. The predicted molar refractivity (Wildman–Crippen MR) is 134 cm³/mol. The first kappa shape index (κ1) is 25.0. The Kier molecular flexibility index (Phi) is 7.68. The van der Waals surface area contributed by atoms with Crippen LogP contribution < -0.4 is 10.1 Å². The maximum absolute atomic E-state index is 13.6. The molecule has 1 aliphatic carbocycles.